The van der Waals surface area contributed by atoms with Crippen molar-refractivity contribution in [1.82, 2.24) is 15.3 Å². The second-order valence-electron chi connectivity index (χ2n) is 5.26. The van der Waals surface area contributed by atoms with Gasteiger partial charge in [0.1, 0.15) is 5.82 Å². The Morgan fingerprint density at radius 2 is 2.20 bits per heavy atom. The van der Waals surface area contributed by atoms with E-state index in [4.69, 9.17) is 5.73 Å². The highest BCUT2D eigenvalue weighted by molar-refractivity contribution is 7.91. The molecule has 0 spiro atoms. The number of hydrogen-bond acceptors (Lipinski definition) is 6. The van der Waals surface area contributed by atoms with E-state index in [1.807, 2.05) is 13.8 Å². The van der Waals surface area contributed by atoms with Gasteiger partial charge in [0.25, 0.3) is 5.91 Å². The maximum atomic E-state index is 12.1. The summed E-state index contributed by atoms with van der Waals surface area (Å²) in [5.41, 5.74) is 6.01. The minimum Gasteiger partial charge on any atom is -0.396 e. The van der Waals surface area contributed by atoms with Crippen molar-refractivity contribution in [2.24, 2.45) is 0 Å². The van der Waals surface area contributed by atoms with Gasteiger partial charge in [0, 0.05) is 12.0 Å². The molecule has 3 N–H and O–H groups in total. The van der Waals surface area contributed by atoms with Crippen LogP contribution in [-0.4, -0.2) is 41.8 Å². The van der Waals surface area contributed by atoms with Gasteiger partial charge in [-0.15, -0.1) is 0 Å². The predicted molar refractivity (Wildman–Crippen MR) is 75.1 cm³/mol. The first-order chi connectivity index (χ1) is 9.28. The number of amides is 1. The van der Waals surface area contributed by atoms with E-state index in [1.165, 1.54) is 6.20 Å². The number of nitrogens with two attached hydrogens (primary N) is 1. The molecule has 8 heteroatoms. The van der Waals surface area contributed by atoms with E-state index in [9.17, 15) is 13.2 Å². The number of sulfone groups is 1. The monoisotopic (exact) mass is 298 g/mol. The lowest BCUT2D eigenvalue weighted by Crippen LogP contribution is -2.36. The normalized spacial score (nSPS) is 21.1. The summed E-state index contributed by atoms with van der Waals surface area (Å²) in [5.74, 6) is 0.237. The van der Waals surface area contributed by atoms with E-state index in [0.717, 1.165) is 0 Å². The fourth-order valence-corrected chi connectivity index (χ4v) is 3.70. The molecule has 2 rings (SSSR count). The minimum atomic E-state index is -3.03. The lowest BCUT2D eigenvalue weighted by atomic mass is 10.2. The van der Waals surface area contributed by atoms with E-state index >= 15 is 0 Å². The molecule has 1 saturated heterocycles. The molecule has 1 aromatic heterocycles. The molecular formula is C12H18N4O3S. The molecule has 2 heterocycles. The molecule has 0 aromatic carbocycles. The molecule has 1 atom stereocenters. The van der Waals surface area contributed by atoms with Gasteiger partial charge in [-0.05, 0) is 6.42 Å². The highest BCUT2D eigenvalue weighted by Crippen LogP contribution is 2.15. The SMILES string of the molecule is CC(C)c1ncc(N)c(C(=O)NC2CCS(=O)(=O)C2)n1. The van der Waals surface area contributed by atoms with Crippen LogP contribution in [0.15, 0.2) is 6.20 Å². The molecule has 1 fully saturated rings. The Morgan fingerprint density at radius 3 is 2.75 bits per heavy atom. The van der Waals surface area contributed by atoms with E-state index in [1.54, 1.807) is 0 Å². The van der Waals surface area contributed by atoms with Gasteiger partial charge in [-0.25, -0.2) is 18.4 Å². The average Bonchev–Trinajstić information content (AvgIpc) is 2.68. The number of nitrogen functional groups attached to an aromatic ring is 1. The number of rotatable bonds is 3. The average molecular weight is 298 g/mol. The lowest BCUT2D eigenvalue weighted by Gasteiger charge is -2.12. The number of anilines is 1. The number of carbonyl (C=O) groups excluding carboxylic acids is 1. The fraction of sp³-hybridized carbons (Fsp3) is 0.583. The Morgan fingerprint density at radius 1 is 1.50 bits per heavy atom. The number of hydrogen-bond donors (Lipinski definition) is 2. The first-order valence-electron chi connectivity index (χ1n) is 6.42. The van der Waals surface area contributed by atoms with E-state index in [0.29, 0.717) is 12.2 Å². The summed E-state index contributed by atoms with van der Waals surface area (Å²) < 4.78 is 22.7. The third-order valence-electron chi connectivity index (χ3n) is 3.13. The van der Waals surface area contributed by atoms with Gasteiger partial charge in [0.2, 0.25) is 0 Å². The van der Waals surface area contributed by atoms with Crippen molar-refractivity contribution in [3.8, 4) is 0 Å². The lowest BCUT2D eigenvalue weighted by molar-refractivity contribution is 0.0936. The van der Waals surface area contributed by atoms with Crippen LogP contribution in [0.2, 0.25) is 0 Å². The standard InChI is InChI=1S/C12H18N4O3S/c1-7(2)11-14-5-9(13)10(16-11)12(17)15-8-3-4-20(18,19)6-8/h5,7-8H,3-4,6,13H2,1-2H3,(H,15,17). The van der Waals surface area contributed by atoms with Crippen molar-refractivity contribution in [2.45, 2.75) is 32.2 Å². The van der Waals surface area contributed by atoms with Crippen LogP contribution in [0.25, 0.3) is 0 Å². The predicted octanol–water partition coefficient (Wildman–Crippen LogP) is 0.0991. The number of nitrogens with one attached hydrogen (secondary N) is 1. The van der Waals surface area contributed by atoms with Gasteiger partial charge in [0.15, 0.2) is 15.5 Å². The van der Waals surface area contributed by atoms with Crippen LogP contribution in [0.1, 0.15) is 42.5 Å². The van der Waals surface area contributed by atoms with Crippen LogP contribution in [-0.2, 0) is 9.84 Å². The number of aromatic nitrogens is 2. The Kier molecular flexibility index (Phi) is 3.94. The third-order valence-corrected chi connectivity index (χ3v) is 4.90. The van der Waals surface area contributed by atoms with E-state index in [2.05, 4.69) is 15.3 Å². The molecule has 7 nitrogen and oxygen atoms in total. The van der Waals surface area contributed by atoms with Crippen LogP contribution in [0.4, 0.5) is 5.69 Å². The molecule has 1 aliphatic rings. The summed E-state index contributed by atoms with van der Waals surface area (Å²) in [5, 5.41) is 2.67. The molecule has 1 aromatic rings. The summed E-state index contributed by atoms with van der Waals surface area (Å²) in [6, 6.07) is -0.371. The summed E-state index contributed by atoms with van der Waals surface area (Å²) in [4.78, 5) is 20.3. The smallest absolute Gasteiger partial charge is 0.272 e. The van der Waals surface area contributed by atoms with Gasteiger partial charge in [-0.1, -0.05) is 13.8 Å². The Balaban J connectivity index is 2.15. The third kappa shape index (κ3) is 3.24. The quantitative estimate of drug-likeness (QED) is 0.817. The topological polar surface area (TPSA) is 115 Å². The molecule has 1 aliphatic heterocycles. The van der Waals surface area contributed by atoms with Crippen molar-refractivity contribution in [3.05, 3.63) is 17.7 Å². The highest BCUT2D eigenvalue weighted by Gasteiger charge is 2.30. The molecule has 20 heavy (non-hydrogen) atoms. The highest BCUT2D eigenvalue weighted by atomic mass is 32.2. The van der Waals surface area contributed by atoms with E-state index < -0.39 is 15.7 Å². The van der Waals surface area contributed by atoms with Crippen LogP contribution < -0.4 is 11.1 Å². The fourth-order valence-electron chi connectivity index (χ4n) is 2.03. The second kappa shape index (κ2) is 5.35. The summed E-state index contributed by atoms with van der Waals surface area (Å²) >= 11 is 0. The van der Waals surface area contributed by atoms with Gasteiger partial charge < -0.3 is 11.1 Å². The van der Waals surface area contributed by atoms with Crippen molar-refractivity contribution < 1.29 is 13.2 Å². The Labute approximate surface area is 117 Å². The molecule has 1 amide bonds. The van der Waals surface area contributed by atoms with Crippen molar-refractivity contribution >= 4 is 21.4 Å². The first kappa shape index (κ1) is 14.7. The molecule has 0 aliphatic carbocycles. The summed E-state index contributed by atoms with van der Waals surface area (Å²) in [7, 11) is -3.03. The number of carbonyl (C=O) groups is 1. The minimum absolute atomic E-state index is 0.0270. The summed E-state index contributed by atoms with van der Waals surface area (Å²) in [6.45, 7) is 3.83. The van der Waals surface area contributed by atoms with Crippen molar-refractivity contribution in [1.29, 1.82) is 0 Å². The Bertz CT molecular complexity index is 628. The maximum Gasteiger partial charge on any atom is 0.272 e. The van der Waals surface area contributed by atoms with Crippen LogP contribution in [0.3, 0.4) is 0 Å². The Hall–Kier alpha value is -1.70. The van der Waals surface area contributed by atoms with Crippen LogP contribution >= 0.6 is 0 Å². The molecule has 0 bridgehead atoms. The largest absolute Gasteiger partial charge is 0.396 e. The second-order valence-corrected chi connectivity index (χ2v) is 7.49. The zero-order valence-corrected chi connectivity index (χ0v) is 12.3. The first-order valence-corrected chi connectivity index (χ1v) is 8.24. The molecule has 0 radical (unpaired) electrons. The van der Waals surface area contributed by atoms with E-state index in [-0.39, 0.29) is 34.8 Å². The van der Waals surface area contributed by atoms with Crippen molar-refractivity contribution in [3.63, 3.8) is 0 Å². The molecule has 1 unspecified atom stereocenters. The maximum absolute atomic E-state index is 12.1. The summed E-state index contributed by atoms with van der Waals surface area (Å²) in [6.07, 6.45) is 1.83. The van der Waals surface area contributed by atoms with Gasteiger partial charge in [-0.3, -0.25) is 4.79 Å². The zero-order valence-electron chi connectivity index (χ0n) is 11.5. The van der Waals surface area contributed by atoms with Crippen molar-refractivity contribution in [2.75, 3.05) is 17.2 Å². The van der Waals surface area contributed by atoms with Gasteiger partial charge in [0.05, 0.1) is 23.4 Å². The zero-order chi connectivity index (χ0) is 14.9. The van der Waals surface area contributed by atoms with Crippen LogP contribution in [0, 0.1) is 0 Å². The molecule has 0 saturated carbocycles. The molecule has 110 valence electrons. The number of nitrogens with zero attached hydrogens (tertiary/aromatic N) is 2. The van der Waals surface area contributed by atoms with Crippen LogP contribution in [0.5, 0.6) is 0 Å². The van der Waals surface area contributed by atoms with Gasteiger partial charge in [-0.2, -0.15) is 0 Å². The van der Waals surface area contributed by atoms with Gasteiger partial charge >= 0.3 is 0 Å². The molecular weight excluding hydrogens is 280 g/mol.